The van der Waals surface area contributed by atoms with Gasteiger partial charge in [-0.1, -0.05) is 0 Å². The molecular weight excluding hydrogens is 305 g/mol. The normalized spacial score (nSPS) is 11.7. The van der Waals surface area contributed by atoms with E-state index in [1.54, 1.807) is 0 Å². The highest BCUT2D eigenvalue weighted by Crippen LogP contribution is 2.36. The molecule has 22 heavy (non-hydrogen) atoms. The first-order chi connectivity index (χ1) is 10.3. The second-order valence-corrected chi connectivity index (χ2v) is 4.42. The Labute approximate surface area is 123 Å². The van der Waals surface area contributed by atoms with E-state index in [2.05, 4.69) is 4.98 Å². The summed E-state index contributed by atoms with van der Waals surface area (Å²) in [6.45, 7) is -0.351. The first-order valence-corrected chi connectivity index (χ1v) is 6.19. The summed E-state index contributed by atoms with van der Waals surface area (Å²) in [6.07, 6.45) is -5.15. The molecule has 0 radical (unpaired) electrons. The maximum Gasteiger partial charge on any atom is 0.449 e. The lowest BCUT2D eigenvalue weighted by atomic mass is 10.2. The fraction of sp³-hybridized carbons (Fsp3) is 0.385. The number of carboxylic acid groups (broad SMARTS) is 1. The second-order valence-electron chi connectivity index (χ2n) is 4.42. The van der Waals surface area contributed by atoms with E-state index in [1.807, 2.05) is 0 Å². The van der Waals surface area contributed by atoms with Crippen LogP contribution in [0.4, 0.5) is 13.2 Å². The fourth-order valence-electron chi connectivity index (χ4n) is 2.10. The van der Waals surface area contributed by atoms with E-state index in [9.17, 15) is 18.0 Å². The number of carboxylic acids is 1. The molecule has 0 aliphatic heterocycles. The maximum atomic E-state index is 13.1. The van der Waals surface area contributed by atoms with Crippen molar-refractivity contribution >= 4 is 17.0 Å². The molecule has 1 aromatic carbocycles. The number of fused-ring (bicyclic) bond motifs is 1. The molecule has 0 spiro atoms. The van der Waals surface area contributed by atoms with Crippen molar-refractivity contribution in [3.8, 4) is 11.5 Å². The third kappa shape index (κ3) is 2.92. The standard InChI is InChI=1S/C13H13F3N2O4/c1-21-9-5-7-8(6-10(9)22-2)18(4-3-11(19)20)12(17-7)13(14,15)16/h5-6H,3-4H2,1-2H3,(H,19,20). The van der Waals surface area contributed by atoms with Gasteiger partial charge in [0, 0.05) is 18.7 Å². The van der Waals surface area contributed by atoms with Crippen molar-refractivity contribution in [2.24, 2.45) is 0 Å². The SMILES string of the molecule is COc1cc2nc(C(F)(F)F)n(CCC(=O)O)c2cc1OC. The number of ether oxygens (including phenoxy) is 2. The number of hydrogen-bond acceptors (Lipinski definition) is 4. The summed E-state index contributed by atoms with van der Waals surface area (Å²) in [5.74, 6) is -1.87. The molecule has 0 amide bonds. The molecule has 0 unspecified atom stereocenters. The molecule has 0 atom stereocenters. The molecular formula is C13H13F3N2O4. The van der Waals surface area contributed by atoms with Crippen molar-refractivity contribution < 1.29 is 32.5 Å². The lowest BCUT2D eigenvalue weighted by molar-refractivity contribution is -0.148. The minimum absolute atomic E-state index is 0.0513. The zero-order valence-corrected chi connectivity index (χ0v) is 11.8. The number of aliphatic carboxylic acids is 1. The van der Waals surface area contributed by atoms with E-state index < -0.39 is 24.4 Å². The summed E-state index contributed by atoms with van der Waals surface area (Å²) in [4.78, 5) is 14.2. The average molecular weight is 318 g/mol. The quantitative estimate of drug-likeness (QED) is 0.917. The van der Waals surface area contributed by atoms with Crippen LogP contribution in [0.15, 0.2) is 12.1 Å². The number of aromatic nitrogens is 2. The van der Waals surface area contributed by atoms with Gasteiger partial charge in [-0.3, -0.25) is 4.79 Å². The number of carbonyl (C=O) groups is 1. The molecule has 1 N–H and O–H groups in total. The van der Waals surface area contributed by atoms with Crippen molar-refractivity contribution in [2.75, 3.05) is 14.2 Å². The van der Waals surface area contributed by atoms with Gasteiger partial charge in [0.05, 0.1) is 31.7 Å². The highest BCUT2D eigenvalue weighted by atomic mass is 19.4. The Morgan fingerprint density at radius 2 is 1.86 bits per heavy atom. The number of nitrogens with zero attached hydrogens (tertiary/aromatic N) is 2. The van der Waals surface area contributed by atoms with Gasteiger partial charge in [-0.15, -0.1) is 0 Å². The minimum Gasteiger partial charge on any atom is -0.493 e. The Morgan fingerprint density at radius 3 is 2.36 bits per heavy atom. The molecule has 0 saturated carbocycles. The van der Waals surface area contributed by atoms with Gasteiger partial charge in [0.25, 0.3) is 0 Å². The topological polar surface area (TPSA) is 73.6 Å². The van der Waals surface area contributed by atoms with Crippen molar-refractivity contribution in [1.82, 2.24) is 9.55 Å². The number of rotatable bonds is 5. The Morgan fingerprint density at radius 1 is 1.27 bits per heavy atom. The van der Waals surface area contributed by atoms with E-state index in [1.165, 1.54) is 26.4 Å². The molecule has 2 rings (SSSR count). The van der Waals surface area contributed by atoms with Gasteiger partial charge in [-0.25, -0.2) is 4.98 Å². The Hall–Kier alpha value is -2.45. The Kier molecular flexibility index (Phi) is 4.16. The molecule has 9 heteroatoms. The van der Waals surface area contributed by atoms with Crippen molar-refractivity contribution in [2.45, 2.75) is 19.1 Å². The largest absolute Gasteiger partial charge is 0.493 e. The highest BCUT2D eigenvalue weighted by Gasteiger charge is 2.37. The zero-order chi connectivity index (χ0) is 16.5. The van der Waals surface area contributed by atoms with Crippen LogP contribution in [0.2, 0.25) is 0 Å². The van der Waals surface area contributed by atoms with E-state index in [0.717, 1.165) is 4.57 Å². The predicted octanol–water partition coefficient (Wildman–Crippen LogP) is 2.55. The number of benzene rings is 1. The second kappa shape index (κ2) is 5.74. The summed E-state index contributed by atoms with van der Waals surface area (Å²) in [5.41, 5.74) is 0.182. The van der Waals surface area contributed by atoms with E-state index in [4.69, 9.17) is 14.6 Å². The van der Waals surface area contributed by atoms with Crippen LogP contribution in [0.25, 0.3) is 11.0 Å². The molecule has 1 heterocycles. The number of halogens is 3. The van der Waals surface area contributed by atoms with Crippen LogP contribution in [-0.4, -0.2) is 34.8 Å². The number of aryl methyl sites for hydroxylation is 1. The predicted molar refractivity (Wildman–Crippen MR) is 70.1 cm³/mol. The fourth-order valence-corrected chi connectivity index (χ4v) is 2.10. The van der Waals surface area contributed by atoms with Crippen LogP contribution < -0.4 is 9.47 Å². The van der Waals surface area contributed by atoms with Gasteiger partial charge in [0.2, 0.25) is 5.82 Å². The lowest BCUT2D eigenvalue weighted by Crippen LogP contribution is -2.16. The lowest BCUT2D eigenvalue weighted by Gasteiger charge is -2.11. The van der Waals surface area contributed by atoms with Gasteiger partial charge in [-0.05, 0) is 0 Å². The zero-order valence-electron chi connectivity index (χ0n) is 11.8. The van der Waals surface area contributed by atoms with E-state index in [0.29, 0.717) is 0 Å². The minimum atomic E-state index is -4.70. The molecule has 1 aromatic heterocycles. The van der Waals surface area contributed by atoms with Crippen LogP contribution in [0.1, 0.15) is 12.2 Å². The summed E-state index contributed by atoms with van der Waals surface area (Å²) < 4.78 is 50.2. The molecule has 2 aromatic rings. The third-order valence-corrected chi connectivity index (χ3v) is 3.06. The van der Waals surface area contributed by atoms with Crippen LogP contribution >= 0.6 is 0 Å². The Bertz CT molecular complexity index is 709. The Balaban J connectivity index is 2.67. The van der Waals surface area contributed by atoms with Crippen molar-refractivity contribution in [1.29, 1.82) is 0 Å². The van der Waals surface area contributed by atoms with Crippen molar-refractivity contribution in [3.63, 3.8) is 0 Å². The summed E-state index contributed by atoms with van der Waals surface area (Å²) in [7, 11) is 2.71. The monoisotopic (exact) mass is 318 g/mol. The van der Waals surface area contributed by atoms with Gasteiger partial charge >= 0.3 is 12.1 Å². The van der Waals surface area contributed by atoms with E-state index in [-0.39, 0.29) is 29.1 Å². The molecule has 0 aliphatic carbocycles. The van der Waals surface area contributed by atoms with Crippen LogP contribution in [-0.2, 0) is 17.5 Å². The van der Waals surface area contributed by atoms with Gasteiger partial charge in [0.1, 0.15) is 0 Å². The summed E-state index contributed by atoms with van der Waals surface area (Å²) in [5, 5.41) is 8.70. The van der Waals surface area contributed by atoms with Gasteiger partial charge < -0.3 is 19.1 Å². The van der Waals surface area contributed by atoms with Gasteiger partial charge in [0.15, 0.2) is 11.5 Å². The number of hydrogen-bond donors (Lipinski definition) is 1. The number of methoxy groups -OCH3 is 2. The summed E-state index contributed by atoms with van der Waals surface area (Å²) >= 11 is 0. The highest BCUT2D eigenvalue weighted by molar-refractivity contribution is 5.81. The van der Waals surface area contributed by atoms with Crippen LogP contribution in [0.5, 0.6) is 11.5 Å². The van der Waals surface area contributed by atoms with Crippen LogP contribution in [0, 0.1) is 0 Å². The molecule has 0 aliphatic rings. The molecule has 0 saturated heterocycles. The first-order valence-electron chi connectivity index (χ1n) is 6.19. The number of alkyl halides is 3. The van der Waals surface area contributed by atoms with E-state index >= 15 is 0 Å². The summed E-state index contributed by atoms with van der Waals surface area (Å²) in [6, 6.07) is 2.67. The molecule has 120 valence electrons. The maximum absolute atomic E-state index is 13.1. The van der Waals surface area contributed by atoms with Gasteiger partial charge in [-0.2, -0.15) is 13.2 Å². The number of imidazole rings is 1. The molecule has 6 nitrogen and oxygen atoms in total. The smallest absolute Gasteiger partial charge is 0.449 e. The molecule has 0 bridgehead atoms. The van der Waals surface area contributed by atoms with Crippen LogP contribution in [0.3, 0.4) is 0 Å². The average Bonchev–Trinajstić information content (AvgIpc) is 2.81. The molecule has 0 fully saturated rings. The first kappa shape index (κ1) is 15.9. The third-order valence-electron chi connectivity index (χ3n) is 3.06. The van der Waals surface area contributed by atoms with Crippen molar-refractivity contribution in [3.05, 3.63) is 18.0 Å².